The SMILES string of the molecule is O=C1OC(=O)[C@@H]2[C@H]3C[C@H]([C@@H]12)[C@@H]1[C@@H](c2ccccc2O)c2sc(=O)n(-c4ccccc4)c2S[C@@H]31. The van der Waals surface area contributed by atoms with Gasteiger partial charge >= 0.3 is 16.8 Å². The minimum atomic E-state index is -0.410. The van der Waals surface area contributed by atoms with Gasteiger partial charge in [-0.25, -0.2) is 0 Å². The molecule has 3 fully saturated rings. The molecule has 1 saturated heterocycles. The highest BCUT2D eigenvalue weighted by molar-refractivity contribution is 8.00. The number of fused-ring (bicyclic) bond motifs is 9. The van der Waals surface area contributed by atoms with Crippen molar-refractivity contribution in [2.24, 2.45) is 29.6 Å². The number of para-hydroxylation sites is 2. The fourth-order valence-corrected chi connectivity index (χ4v) is 9.93. The van der Waals surface area contributed by atoms with E-state index in [0.717, 1.165) is 27.6 Å². The first-order chi connectivity index (χ1) is 16.0. The maximum atomic E-state index is 13.2. The number of rotatable bonds is 2. The highest BCUT2D eigenvalue weighted by atomic mass is 32.2. The van der Waals surface area contributed by atoms with E-state index in [1.807, 2.05) is 42.5 Å². The second-order valence-corrected chi connectivity index (χ2v) is 11.4. The Morgan fingerprint density at radius 3 is 2.36 bits per heavy atom. The van der Waals surface area contributed by atoms with E-state index < -0.39 is 23.8 Å². The van der Waals surface area contributed by atoms with Gasteiger partial charge in [-0.1, -0.05) is 47.7 Å². The molecule has 4 aliphatic rings. The second-order valence-electron chi connectivity index (χ2n) is 9.26. The van der Waals surface area contributed by atoms with Crippen LogP contribution in [0.1, 0.15) is 22.8 Å². The Hall–Kier alpha value is -2.84. The third-order valence-corrected chi connectivity index (χ3v) is 10.6. The summed E-state index contributed by atoms with van der Waals surface area (Å²) in [6.45, 7) is 0. The number of cyclic esters (lactones) is 2. The standard InChI is InChI=1S/C25H19NO5S2/c27-15-9-5-4-8-12(15)16-17-13-10-14(19-18(13)23(28)31-24(19)29)20(17)32-22-21(16)33-25(30)26(22)11-6-2-1-3-7-11/h1-9,13-14,16-20,27H,10H2/t13-,14+,16+,17+,18+,19+,20-/m0/s1. The number of hydrogen-bond donors (Lipinski definition) is 1. The second kappa shape index (κ2) is 6.84. The molecule has 166 valence electrons. The van der Waals surface area contributed by atoms with Crippen molar-refractivity contribution in [1.29, 1.82) is 0 Å². The number of thiazole rings is 1. The van der Waals surface area contributed by atoms with E-state index in [1.165, 1.54) is 11.3 Å². The Labute approximate surface area is 197 Å². The predicted molar refractivity (Wildman–Crippen MR) is 123 cm³/mol. The van der Waals surface area contributed by atoms with E-state index >= 15 is 0 Å². The van der Waals surface area contributed by atoms with Crippen LogP contribution in [0.3, 0.4) is 0 Å². The minimum Gasteiger partial charge on any atom is -0.508 e. The molecule has 3 heterocycles. The molecular formula is C25H19NO5S2. The molecule has 33 heavy (non-hydrogen) atoms. The van der Waals surface area contributed by atoms with Crippen LogP contribution in [0.4, 0.5) is 0 Å². The van der Waals surface area contributed by atoms with Gasteiger partial charge in [0.2, 0.25) is 0 Å². The monoisotopic (exact) mass is 477 g/mol. The number of nitrogens with zero attached hydrogens (tertiary/aromatic N) is 1. The summed E-state index contributed by atoms with van der Waals surface area (Å²) in [7, 11) is 0. The summed E-state index contributed by atoms with van der Waals surface area (Å²) in [5.74, 6) is -1.56. The Balaban J connectivity index is 1.45. The summed E-state index contributed by atoms with van der Waals surface area (Å²) in [5.41, 5.74) is 1.58. The molecule has 0 spiro atoms. The van der Waals surface area contributed by atoms with Gasteiger partial charge < -0.3 is 9.84 Å². The van der Waals surface area contributed by atoms with E-state index in [0.29, 0.717) is 0 Å². The number of hydrogen-bond acceptors (Lipinski definition) is 7. The average Bonchev–Trinajstić information content (AvgIpc) is 3.53. The Kier molecular flexibility index (Phi) is 4.06. The van der Waals surface area contributed by atoms with Crippen molar-refractivity contribution in [3.8, 4) is 11.4 Å². The molecule has 7 rings (SSSR count). The molecule has 7 atom stereocenters. The molecule has 2 aromatic carbocycles. The Morgan fingerprint density at radius 1 is 0.909 bits per heavy atom. The first-order valence-corrected chi connectivity index (χ1v) is 12.8. The lowest BCUT2D eigenvalue weighted by atomic mass is 9.68. The van der Waals surface area contributed by atoms with Crippen LogP contribution in [0.25, 0.3) is 5.69 Å². The molecule has 8 heteroatoms. The number of phenols is 1. The first kappa shape index (κ1) is 19.6. The number of aromatic hydroxyl groups is 1. The van der Waals surface area contributed by atoms with E-state index in [2.05, 4.69) is 0 Å². The molecule has 3 aromatic rings. The number of ether oxygens (including phenoxy) is 1. The van der Waals surface area contributed by atoms with Crippen LogP contribution in [0, 0.1) is 29.6 Å². The number of thioether (sulfide) groups is 1. The number of benzene rings is 2. The van der Waals surface area contributed by atoms with Crippen molar-refractivity contribution in [3.63, 3.8) is 0 Å². The van der Waals surface area contributed by atoms with Gasteiger partial charge in [0, 0.05) is 21.6 Å². The molecular weight excluding hydrogens is 458 g/mol. The smallest absolute Gasteiger partial charge is 0.317 e. The highest BCUT2D eigenvalue weighted by Gasteiger charge is 2.69. The van der Waals surface area contributed by atoms with Crippen molar-refractivity contribution < 1.29 is 19.4 Å². The summed E-state index contributed by atoms with van der Waals surface area (Å²) >= 11 is 2.88. The summed E-state index contributed by atoms with van der Waals surface area (Å²) in [4.78, 5) is 39.2. The summed E-state index contributed by atoms with van der Waals surface area (Å²) in [6, 6.07) is 16.8. The van der Waals surface area contributed by atoms with Gasteiger partial charge in [0.05, 0.1) is 22.5 Å². The number of carbonyl (C=O) groups is 2. The van der Waals surface area contributed by atoms with Crippen molar-refractivity contribution in [3.05, 3.63) is 74.7 Å². The Bertz CT molecular complexity index is 1380. The van der Waals surface area contributed by atoms with E-state index in [1.54, 1.807) is 28.5 Å². The molecule has 6 nitrogen and oxygen atoms in total. The van der Waals surface area contributed by atoms with E-state index in [-0.39, 0.29) is 39.5 Å². The number of esters is 2. The maximum absolute atomic E-state index is 13.2. The van der Waals surface area contributed by atoms with E-state index in [4.69, 9.17) is 4.74 Å². The topological polar surface area (TPSA) is 85.6 Å². The number of aromatic nitrogens is 1. The molecule has 0 unspecified atom stereocenters. The molecule has 2 saturated carbocycles. The lowest BCUT2D eigenvalue weighted by Crippen LogP contribution is -2.43. The van der Waals surface area contributed by atoms with Gasteiger partial charge in [0.1, 0.15) is 5.75 Å². The third kappa shape index (κ3) is 2.53. The fourth-order valence-electron chi connectivity index (χ4n) is 6.77. The van der Waals surface area contributed by atoms with Crippen LogP contribution in [-0.2, 0) is 14.3 Å². The van der Waals surface area contributed by atoms with Gasteiger partial charge in [-0.2, -0.15) is 0 Å². The number of phenolic OH excluding ortho intramolecular Hbond substituents is 1. The van der Waals surface area contributed by atoms with Crippen LogP contribution in [-0.4, -0.2) is 26.9 Å². The summed E-state index contributed by atoms with van der Waals surface area (Å²) in [6.07, 6.45) is 0.799. The van der Waals surface area contributed by atoms with Crippen molar-refractivity contribution in [2.75, 3.05) is 0 Å². The largest absolute Gasteiger partial charge is 0.508 e. The first-order valence-electron chi connectivity index (χ1n) is 11.1. The molecule has 2 aliphatic carbocycles. The third-order valence-electron chi connectivity index (χ3n) is 7.89. The number of carbonyl (C=O) groups excluding carboxylic acids is 2. The van der Waals surface area contributed by atoms with E-state index in [9.17, 15) is 19.5 Å². The van der Waals surface area contributed by atoms with Crippen LogP contribution >= 0.6 is 23.1 Å². The van der Waals surface area contributed by atoms with Gasteiger partial charge in [0.15, 0.2) is 0 Å². The predicted octanol–water partition coefficient (Wildman–Crippen LogP) is 3.79. The van der Waals surface area contributed by atoms with Gasteiger partial charge in [-0.05, 0) is 42.4 Å². The van der Waals surface area contributed by atoms with Crippen LogP contribution < -0.4 is 4.87 Å². The Morgan fingerprint density at radius 2 is 1.61 bits per heavy atom. The molecule has 2 aliphatic heterocycles. The maximum Gasteiger partial charge on any atom is 0.317 e. The lowest BCUT2D eigenvalue weighted by molar-refractivity contribution is -0.154. The average molecular weight is 478 g/mol. The zero-order valence-corrected chi connectivity index (χ0v) is 18.9. The molecule has 1 N–H and O–H groups in total. The highest BCUT2D eigenvalue weighted by Crippen LogP contribution is 2.69. The summed E-state index contributed by atoms with van der Waals surface area (Å²) < 4.78 is 6.82. The van der Waals surface area contributed by atoms with Crippen LogP contribution in [0.15, 0.2) is 64.4 Å². The van der Waals surface area contributed by atoms with Crippen molar-refractivity contribution in [1.82, 2.24) is 4.57 Å². The van der Waals surface area contributed by atoms with Crippen LogP contribution in [0.2, 0.25) is 0 Å². The minimum absolute atomic E-state index is 0.00316. The summed E-state index contributed by atoms with van der Waals surface area (Å²) in [5, 5.41) is 11.8. The molecule has 0 radical (unpaired) electrons. The molecule has 0 amide bonds. The zero-order valence-electron chi connectivity index (χ0n) is 17.3. The quantitative estimate of drug-likeness (QED) is 0.447. The normalized spacial score (nSPS) is 33.5. The zero-order chi connectivity index (χ0) is 22.4. The van der Waals surface area contributed by atoms with Crippen molar-refractivity contribution in [2.45, 2.75) is 22.6 Å². The van der Waals surface area contributed by atoms with Gasteiger partial charge in [0.25, 0.3) is 0 Å². The van der Waals surface area contributed by atoms with Gasteiger partial charge in [-0.3, -0.25) is 19.0 Å². The fraction of sp³-hybridized carbons (Fsp3) is 0.320. The van der Waals surface area contributed by atoms with Crippen molar-refractivity contribution >= 4 is 35.0 Å². The lowest BCUT2D eigenvalue weighted by Gasteiger charge is -2.43. The van der Waals surface area contributed by atoms with Crippen LogP contribution in [0.5, 0.6) is 5.75 Å². The molecule has 2 bridgehead atoms. The van der Waals surface area contributed by atoms with Gasteiger partial charge in [-0.15, -0.1) is 11.8 Å². The molecule has 1 aromatic heterocycles.